The van der Waals surface area contributed by atoms with E-state index in [2.05, 4.69) is 10.0 Å². The van der Waals surface area contributed by atoms with Gasteiger partial charge in [0.25, 0.3) is 15.9 Å². The van der Waals surface area contributed by atoms with E-state index in [9.17, 15) is 18.0 Å². The summed E-state index contributed by atoms with van der Waals surface area (Å²) in [5.41, 5.74) is 2.69. The summed E-state index contributed by atoms with van der Waals surface area (Å²) in [7, 11) is -3.84. The molecule has 0 bridgehead atoms. The number of esters is 1. The molecule has 0 aliphatic heterocycles. The van der Waals surface area contributed by atoms with Gasteiger partial charge in [-0.25, -0.2) is 13.2 Å². The summed E-state index contributed by atoms with van der Waals surface area (Å²) >= 11 is 1.06. The average molecular weight is 493 g/mol. The van der Waals surface area contributed by atoms with E-state index in [1.165, 1.54) is 18.2 Å². The second-order valence-corrected chi connectivity index (χ2v) is 10.0. The van der Waals surface area contributed by atoms with Gasteiger partial charge < -0.3 is 10.1 Å². The van der Waals surface area contributed by atoms with Gasteiger partial charge in [-0.2, -0.15) is 0 Å². The number of anilines is 2. The number of thiophene rings is 1. The number of para-hydroxylation sites is 1. The minimum atomic E-state index is -3.84. The van der Waals surface area contributed by atoms with E-state index in [1.807, 2.05) is 42.5 Å². The molecule has 3 aromatic carbocycles. The second-order valence-electron chi connectivity index (χ2n) is 7.15. The number of benzene rings is 3. The Hall–Kier alpha value is -3.95. The Labute approximate surface area is 201 Å². The van der Waals surface area contributed by atoms with Crippen LogP contribution in [0.25, 0.3) is 11.1 Å². The zero-order valence-electron chi connectivity index (χ0n) is 17.8. The number of sulfonamides is 1. The Morgan fingerprint density at radius 2 is 1.47 bits per heavy atom. The van der Waals surface area contributed by atoms with Crippen molar-refractivity contribution in [1.29, 1.82) is 0 Å². The fourth-order valence-corrected chi connectivity index (χ4v) is 5.22. The number of rotatable bonds is 8. The van der Waals surface area contributed by atoms with Gasteiger partial charge in [0, 0.05) is 5.69 Å². The van der Waals surface area contributed by atoms with E-state index in [0.717, 1.165) is 22.5 Å². The van der Waals surface area contributed by atoms with Gasteiger partial charge in [0.1, 0.15) is 4.21 Å². The van der Waals surface area contributed by atoms with Crippen molar-refractivity contribution in [3.05, 3.63) is 102 Å². The van der Waals surface area contributed by atoms with Gasteiger partial charge in [-0.3, -0.25) is 9.52 Å². The molecule has 0 saturated heterocycles. The minimum absolute atomic E-state index is 0.00245. The third kappa shape index (κ3) is 5.69. The van der Waals surface area contributed by atoms with Crippen molar-refractivity contribution in [3.63, 3.8) is 0 Å². The topological polar surface area (TPSA) is 102 Å². The number of nitrogens with one attached hydrogen (secondary N) is 2. The third-order valence-corrected chi connectivity index (χ3v) is 7.52. The van der Waals surface area contributed by atoms with Crippen LogP contribution >= 0.6 is 11.3 Å². The van der Waals surface area contributed by atoms with Gasteiger partial charge in [-0.1, -0.05) is 60.7 Å². The number of amides is 1. The van der Waals surface area contributed by atoms with Crippen LogP contribution in [0.3, 0.4) is 0 Å². The summed E-state index contributed by atoms with van der Waals surface area (Å²) in [6.45, 7) is -0.523. The summed E-state index contributed by atoms with van der Waals surface area (Å²) in [5.74, 6) is -1.34. The number of carbonyl (C=O) groups is 2. The van der Waals surface area contributed by atoms with Crippen LogP contribution in [0.1, 0.15) is 10.4 Å². The first-order chi connectivity index (χ1) is 16.4. The highest BCUT2D eigenvalue weighted by Crippen LogP contribution is 2.24. The molecule has 0 spiro atoms. The lowest BCUT2D eigenvalue weighted by atomic mass is 10.1. The first-order valence-electron chi connectivity index (χ1n) is 10.2. The number of ether oxygens (including phenoxy) is 1. The molecule has 1 aromatic heterocycles. The Balaban J connectivity index is 1.36. The molecule has 1 amide bonds. The van der Waals surface area contributed by atoms with Crippen molar-refractivity contribution in [3.8, 4) is 11.1 Å². The van der Waals surface area contributed by atoms with Crippen molar-refractivity contribution in [1.82, 2.24) is 0 Å². The largest absolute Gasteiger partial charge is 0.452 e. The van der Waals surface area contributed by atoms with Crippen molar-refractivity contribution in [2.75, 3.05) is 16.6 Å². The molecule has 0 aliphatic carbocycles. The molecule has 34 heavy (non-hydrogen) atoms. The number of hydrogen-bond donors (Lipinski definition) is 2. The monoisotopic (exact) mass is 492 g/mol. The van der Waals surface area contributed by atoms with E-state index in [-0.39, 0.29) is 15.5 Å². The Bertz CT molecular complexity index is 1390. The van der Waals surface area contributed by atoms with Gasteiger partial charge >= 0.3 is 5.97 Å². The maximum atomic E-state index is 12.6. The van der Waals surface area contributed by atoms with Gasteiger partial charge in [-0.15, -0.1) is 11.3 Å². The zero-order chi connectivity index (χ0) is 24.0. The molecule has 0 atom stereocenters. The average Bonchev–Trinajstić information content (AvgIpc) is 3.40. The Morgan fingerprint density at radius 3 is 2.18 bits per heavy atom. The SMILES string of the molecule is O=C(COC(=O)c1ccccc1NS(=O)(=O)c1cccs1)Nc1ccc(-c2ccccc2)cc1. The summed E-state index contributed by atoms with van der Waals surface area (Å²) in [4.78, 5) is 24.8. The van der Waals surface area contributed by atoms with Crippen LogP contribution in [-0.2, 0) is 19.6 Å². The molecule has 4 aromatic rings. The highest BCUT2D eigenvalue weighted by atomic mass is 32.2. The lowest BCUT2D eigenvalue weighted by Crippen LogP contribution is -2.22. The lowest BCUT2D eigenvalue weighted by molar-refractivity contribution is -0.119. The smallest absolute Gasteiger partial charge is 0.340 e. The summed E-state index contributed by atoms with van der Waals surface area (Å²) < 4.78 is 32.6. The van der Waals surface area contributed by atoms with E-state index in [4.69, 9.17) is 4.74 Å². The maximum Gasteiger partial charge on any atom is 0.340 e. The van der Waals surface area contributed by atoms with Gasteiger partial charge in [0.05, 0.1) is 11.3 Å². The molecule has 2 N–H and O–H groups in total. The molecule has 4 rings (SSSR count). The molecule has 9 heteroatoms. The molecule has 0 saturated carbocycles. The summed E-state index contributed by atoms with van der Waals surface area (Å²) in [6, 6.07) is 26.2. The van der Waals surface area contributed by atoms with E-state index >= 15 is 0 Å². The molecule has 0 aliphatic rings. The van der Waals surface area contributed by atoms with Gasteiger partial charge in [-0.05, 0) is 46.8 Å². The van der Waals surface area contributed by atoms with Crippen LogP contribution in [0.5, 0.6) is 0 Å². The normalized spacial score (nSPS) is 10.9. The Morgan fingerprint density at radius 1 is 0.794 bits per heavy atom. The predicted octanol–water partition coefficient (Wildman–Crippen LogP) is 5.01. The first kappa shape index (κ1) is 23.2. The van der Waals surface area contributed by atoms with Gasteiger partial charge in [0.2, 0.25) is 0 Å². The van der Waals surface area contributed by atoms with Crippen LogP contribution in [0.15, 0.2) is 101 Å². The second kappa shape index (κ2) is 10.3. The van der Waals surface area contributed by atoms with Crippen LogP contribution in [-0.4, -0.2) is 26.9 Å². The maximum absolute atomic E-state index is 12.6. The van der Waals surface area contributed by atoms with Crippen molar-refractivity contribution >= 4 is 44.6 Å². The molecule has 0 unspecified atom stereocenters. The highest BCUT2D eigenvalue weighted by Gasteiger charge is 2.20. The Kier molecular flexibility index (Phi) is 7.05. The van der Waals surface area contributed by atoms with Crippen LogP contribution < -0.4 is 10.0 Å². The number of hydrogen-bond acceptors (Lipinski definition) is 6. The minimum Gasteiger partial charge on any atom is -0.452 e. The molecule has 1 heterocycles. The quantitative estimate of drug-likeness (QED) is 0.337. The van der Waals surface area contributed by atoms with Crippen molar-refractivity contribution in [2.24, 2.45) is 0 Å². The lowest BCUT2D eigenvalue weighted by Gasteiger charge is -2.12. The fourth-order valence-electron chi connectivity index (χ4n) is 3.14. The first-order valence-corrected chi connectivity index (χ1v) is 12.6. The third-order valence-electron chi connectivity index (χ3n) is 4.76. The molecule has 172 valence electrons. The molecule has 0 fully saturated rings. The van der Waals surface area contributed by atoms with E-state index in [0.29, 0.717) is 5.69 Å². The van der Waals surface area contributed by atoms with Crippen LogP contribution in [0, 0.1) is 0 Å². The standard InChI is InChI=1S/C25H20N2O5S2/c28-23(26-20-14-12-19(13-15-20)18-7-2-1-3-8-18)17-32-25(29)21-9-4-5-10-22(21)27-34(30,31)24-11-6-16-33-24/h1-16,27H,17H2,(H,26,28). The zero-order valence-corrected chi connectivity index (χ0v) is 19.4. The van der Waals surface area contributed by atoms with Gasteiger partial charge in [0.15, 0.2) is 6.61 Å². The van der Waals surface area contributed by atoms with Crippen molar-refractivity contribution in [2.45, 2.75) is 4.21 Å². The summed E-state index contributed by atoms with van der Waals surface area (Å²) in [5, 5.41) is 4.31. The predicted molar refractivity (Wildman–Crippen MR) is 132 cm³/mol. The fraction of sp³-hybridized carbons (Fsp3) is 0.0400. The molecule has 7 nitrogen and oxygen atoms in total. The molecular formula is C25H20N2O5S2. The van der Waals surface area contributed by atoms with E-state index in [1.54, 1.807) is 35.7 Å². The van der Waals surface area contributed by atoms with Crippen LogP contribution in [0.2, 0.25) is 0 Å². The van der Waals surface area contributed by atoms with Crippen LogP contribution in [0.4, 0.5) is 11.4 Å². The summed E-state index contributed by atoms with van der Waals surface area (Å²) in [6.07, 6.45) is 0. The van der Waals surface area contributed by atoms with Crippen molar-refractivity contribution < 1.29 is 22.7 Å². The highest BCUT2D eigenvalue weighted by molar-refractivity contribution is 7.94. The molecule has 0 radical (unpaired) electrons. The molecular weight excluding hydrogens is 472 g/mol. The number of carbonyl (C=O) groups excluding carboxylic acids is 2. The van der Waals surface area contributed by atoms with E-state index < -0.39 is 28.5 Å².